The number of ether oxygens (including phenoxy) is 1. The van der Waals surface area contributed by atoms with E-state index in [9.17, 15) is 22.8 Å². The number of hydrogen-bond acceptors (Lipinski definition) is 5. The molecule has 1 amide bonds. The lowest BCUT2D eigenvalue weighted by Crippen LogP contribution is -2.58. The third-order valence-corrected chi connectivity index (χ3v) is 6.33. The highest BCUT2D eigenvalue weighted by Crippen LogP contribution is 2.37. The molecule has 0 radical (unpaired) electrons. The van der Waals surface area contributed by atoms with Crippen LogP contribution in [0.2, 0.25) is 0 Å². The molecule has 4 heterocycles. The molecule has 34 heavy (non-hydrogen) atoms. The standard InChI is InChI=1S/C24H23F3N4O3/c1-12(18-8-19-21(9-20(18)24(25,26)27)29-13(2)30-22(19)32)28-15-5-3-14(4-6-15)23(33)31-10-16-7-17(11-31)34-16/h3-6,8-9,12,16-17,28H,7,10-11H2,1-2H3,(H,29,30,32)/t12-,16?,17?/m0/s1. The van der Waals surface area contributed by atoms with Crippen LogP contribution in [0.3, 0.4) is 0 Å². The van der Waals surface area contributed by atoms with Crippen molar-refractivity contribution in [2.75, 3.05) is 18.4 Å². The van der Waals surface area contributed by atoms with E-state index >= 15 is 0 Å². The molecule has 1 aromatic heterocycles. The third-order valence-electron chi connectivity index (χ3n) is 6.33. The number of aromatic amines is 1. The fraction of sp³-hybridized carbons (Fsp3) is 0.375. The van der Waals surface area contributed by atoms with Crippen LogP contribution in [0.1, 0.15) is 46.7 Å². The van der Waals surface area contributed by atoms with Crippen molar-refractivity contribution in [1.29, 1.82) is 0 Å². The van der Waals surface area contributed by atoms with E-state index in [1.807, 2.05) is 0 Å². The van der Waals surface area contributed by atoms with Crippen LogP contribution in [0.5, 0.6) is 0 Å². The number of halogens is 3. The van der Waals surface area contributed by atoms with Crippen LogP contribution in [-0.4, -0.2) is 46.1 Å². The Balaban J connectivity index is 1.39. The van der Waals surface area contributed by atoms with Crippen LogP contribution >= 0.6 is 0 Å². The van der Waals surface area contributed by atoms with Crippen molar-refractivity contribution in [1.82, 2.24) is 14.9 Å². The minimum Gasteiger partial charge on any atom is -0.379 e. The molecule has 2 aromatic carbocycles. The number of alkyl halides is 3. The van der Waals surface area contributed by atoms with E-state index in [0.29, 0.717) is 24.3 Å². The number of aryl methyl sites for hydroxylation is 1. The molecule has 3 aliphatic heterocycles. The zero-order valence-corrected chi connectivity index (χ0v) is 18.6. The minimum absolute atomic E-state index is 0.00635. The van der Waals surface area contributed by atoms with Crippen molar-refractivity contribution < 1.29 is 22.7 Å². The fourth-order valence-corrected chi connectivity index (χ4v) is 4.66. The highest BCUT2D eigenvalue weighted by Gasteiger charge is 2.40. The number of anilines is 1. The number of rotatable bonds is 4. The molecule has 2 unspecified atom stereocenters. The van der Waals surface area contributed by atoms with E-state index in [1.54, 1.807) is 36.1 Å². The summed E-state index contributed by atoms with van der Waals surface area (Å²) in [5.41, 5.74) is -0.354. The number of nitrogens with one attached hydrogen (secondary N) is 2. The van der Waals surface area contributed by atoms with Gasteiger partial charge in [-0.25, -0.2) is 4.98 Å². The van der Waals surface area contributed by atoms with E-state index < -0.39 is 23.3 Å². The van der Waals surface area contributed by atoms with Crippen LogP contribution in [0, 0.1) is 6.92 Å². The first-order valence-electron chi connectivity index (χ1n) is 11.0. The van der Waals surface area contributed by atoms with Gasteiger partial charge in [0.05, 0.1) is 28.7 Å². The number of amides is 1. The zero-order chi connectivity index (χ0) is 24.2. The molecule has 3 atom stereocenters. The number of carbonyl (C=O) groups excluding carboxylic acids is 1. The van der Waals surface area contributed by atoms with Crippen molar-refractivity contribution >= 4 is 22.5 Å². The Morgan fingerprint density at radius 1 is 1.21 bits per heavy atom. The summed E-state index contributed by atoms with van der Waals surface area (Å²) in [6, 6.07) is 8.02. The Morgan fingerprint density at radius 3 is 2.47 bits per heavy atom. The number of benzene rings is 2. The Bertz CT molecular complexity index is 1300. The number of H-pyrrole nitrogens is 1. The molecule has 0 saturated carbocycles. The molecule has 178 valence electrons. The third kappa shape index (κ3) is 4.13. The summed E-state index contributed by atoms with van der Waals surface area (Å²) >= 11 is 0. The Hall–Kier alpha value is -3.40. The number of nitrogens with zero attached hydrogens (tertiary/aromatic N) is 2. The van der Waals surface area contributed by atoms with Gasteiger partial charge in [0.2, 0.25) is 0 Å². The molecule has 0 spiro atoms. The second-order valence-corrected chi connectivity index (χ2v) is 8.88. The van der Waals surface area contributed by atoms with Gasteiger partial charge in [0.25, 0.3) is 11.5 Å². The summed E-state index contributed by atoms with van der Waals surface area (Å²) in [4.78, 5) is 33.4. The first-order chi connectivity index (χ1) is 16.1. The maximum atomic E-state index is 13.8. The predicted octanol–water partition coefficient (Wildman–Crippen LogP) is 4.04. The highest BCUT2D eigenvalue weighted by atomic mass is 19.4. The second-order valence-electron chi connectivity index (χ2n) is 8.88. The number of piperidine rings is 1. The molecule has 0 aliphatic carbocycles. The number of hydrogen-bond donors (Lipinski definition) is 2. The predicted molar refractivity (Wildman–Crippen MR) is 120 cm³/mol. The monoisotopic (exact) mass is 472 g/mol. The molecule has 3 fully saturated rings. The number of aromatic nitrogens is 2. The molecule has 6 rings (SSSR count). The summed E-state index contributed by atoms with van der Waals surface area (Å²) in [5, 5.41) is 3.14. The van der Waals surface area contributed by atoms with Crippen LogP contribution < -0.4 is 10.9 Å². The number of fused-ring (bicyclic) bond motifs is 3. The van der Waals surface area contributed by atoms with Gasteiger partial charge in [0.1, 0.15) is 5.82 Å². The van der Waals surface area contributed by atoms with Crippen LogP contribution in [0.15, 0.2) is 41.2 Å². The lowest BCUT2D eigenvalue weighted by molar-refractivity contribution is -0.171. The fourth-order valence-electron chi connectivity index (χ4n) is 4.66. The molecule has 3 aliphatic rings. The van der Waals surface area contributed by atoms with E-state index in [1.165, 1.54) is 13.0 Å². The maximum Gasteiger partial charge on any atom is 0.416 e. The first-order valence-corrected chi connectivity index (χ1v) is 11.0. The van der Waals surface area contributed by atoms with Gasteiger partial charge in [-0.05, 0) is 55.8 Å². The van der Waals surface area contributed by atoms with Crippen molar-refractivity contribution in [2.24, 2.45) is 0 Å². The summed E-state index contributed by atoms with van der Waals surface area (Å²) in [5.74, 6) is 0.154. The first kappa shape index (κ1) is 22.4. The minimum atomic E-state index is -4.62. The van der Waals surface area contributed by atoms with Crippen LogP contribution in [0.4, 0.5) is 18.9 Å². The van der Waals surface area contributed by atoms with Crippen molar-refractivity contribution in [3.05, 3.63) is 69.3 Å². The quantitative estimate of drug-likeness (QED) is 0.599. The Morgan fingerprint density at radius 2 is 1.85 bits per heavy atom. The van der Waals surface area contributed by atoms with Gasteiger partial charge in [-0.1, -0.05) is 0 Å². The molecular formula is C24H23F3N4O3. The second kappa shape index (κ2) is 8.12. The molecular weight excluding hydrogens is 449 g/mol. The van der Waals surface area contributed by atoms with Gasteiger partial charge in [-0.3, -0.25) is 9.59 Å². The number of carbonyl (C=O) groups is 1. The average Bonchev–Trinajstić information content (AvgIpc) is 2.77. The molecule has 2 bridgehead atoms. The van der Waals surface area contributed by atoms with Gasteiger partial charge in [-0.2, -0.15) is 13.2 Å². The van der Waals surface area contributed by atoms with Crippen LogP contribution in [-0.2, 0) is 10.9 Å². The van der Waals surface area contributed by atoms with Gasteiger partial charge in [0.15, 0.2) is 0 Å². The lowest BCUT2D eigenvalue weighted by atomic mass is 9.97. The maximum absolute atomic E-state index is 13.8. The smallest absolute Gasteiger partial charge is 0.379 e. The highest BCUT2D eigenvalue weighted by molar-refractivity contribution is 5.94. The Labute approximate surface area is 192 Å². The molecule has 3 saturated heterocycles. The SMILES string of the molecule is Cc1nc2cc(C(F)(F)F)c([C@H](C)Nc3ccc(C(=O)N4CC5CC(C4)O5)cc3)cc2c(=O)[nH]1. The molecule has 7 nitrogen and oxygen atoms in total. The normalized spacial score (nSPS) is 20.7. The molecule has 2 N–H and O–H groups in total. The van der Waals surface area contributed by atoms with Gasteiger partial charge < -0.3 is 19.9 Å². The van der Waals surface area contributed by atoms with Crippen molar-refractivity contribution in [3.63, 3.8) is 0 Å². The number of morpholine rings is 1. The zero-order valence-electron chi connectivity index (χ0n) is 18.6. The summed E-state index contributed by atoms with van der Waals surface area (Å²) in [7, 11) is 0. The van der Waals surface area contributed by atoms with Crippen LogP contribution in [0.25, 0.3) is 10.9 Å². The van der Waals surface area contributed by atoms with E-state index in [-0.39, 0.29) is 40.4 Å². The summed E-state index contributed by atoms with van der Waals surface area (Å²) in [6.45, 7) is 4.25. The van der Waals surface area contributed by atoms with E-state index in [4.69, 9.17) is 4.74 Å². The van der Waals surface area contributed by atoms with Crippen molar-refractivity contribution in [3.8, 4) is 0 Å². The van der Waals surface area contributed by atoms with E-state index in [0.717, 1.165) is 12.5 Å². The lowest BCUT2D eigenvalue weighted by Gasteiger charge is -2.47. The summed E-state index contributed by atoms with van der Waals surface area (Å²) < 4.78 is 47.1. The van der Waals surface area contributed by atoms with Gasteiger partial charge in [-0.15, -0.1) is 0 Å². The van der Waals surface area contributed by atoms with Gasteiger partial charge >= 0.3 is 6.18 Å². The Kier molecular flexibility index (Phi) is 5.35. The molecule has 10 heteroatoms. The van der Waals surface area contributed by atoms with Gasteiger partial charge in [0, 0.05) is 36.8 Å². The van der Waals surface area contributed by atoms with E-state index in [2.05, 4.69) is 15.3 Å². The molecule has 3 aromatic rings. The topological polar surface area (TPSA) is 87.3 Å². The average molecular weight is 472 g/mol. The van der Waals surface area contributed by atoms with Crippen molar-refractivity contribution in [2.45, 2.75) is 44.7 Å². The largest absolute Gasteiger partial charge is 0.416 e. The summed E-state index contributed by atoms with van der Waals surface area (Å²) in [6.07, 6.45) is -3.41.